The molecule has 1 aliphatic rings. The number of benzene rings is 4. The van der Waals surface area contributed by atoms with Crippen LogP contribution in [0, 0.1) is 0 Å². The molecule has 43 heavy (non-hydrogen) atoms. The van der Waals surface area contributed by atoms with Gasteiger partial charge in [0.25, 0.3) is 0 Å². The lowest BCUT2D eigenvalue weighted by atomic mass is 9.85. The average molecular weight is 590 g/mol. The van der Waals surface area contributed by atoms with E-state index < -0.39 is 17.9 Å². The van der Waals surface area contributed by atoms with Gasteiger partial charge in [0, 0.05) is 23.7 Å². The number of rotatable bonds is 11. The number of unbranched alkanes of at least 4 members (excludes halogenated alkanes) is 1. The number of ether oxygens (including phenoxy) is 2. The number of hydrogen-bond acceptors (Lipinski definition) is 5. The standard InChI is InChI=1S/C35H34F3NO4/c1-39(21-19-24-7-3-2-4-8-24)20-5-6-22-42-29-16-11-26(12-17-29)34-32(25-9-13-27(40)14-10-25)33(35(36,37)38)30-18-15-28(41)23-31(30)43-34/h2-4,7-18,23,34,40-41H,5-6,19-22H2,1H3. The SMILES string of the molecule is CN(CCCCOc1ccc(C2Oc3cc(O)ccc3C(C(F)(F)F)=C2c2ccc(O)cc2)cc1)CCc1ccccc1. The molecule has 0 radical (unpaired) electrons. The molecule has 1 atom stereocenters. The molecule has 0 aromatic heterocycles. The van der Waals surface area contributed by atoms with Crippen molar-refractivity contribution in [2.24, 2.45) is 0 Å². The molecule has 4 aromatic rings. The molecule has 2 N–H and O–H groups in total. The lowest BCUT2D eigenvalue weighted by molar-refractivity contribution is -0.0695. The predicted molar refractivity (Wildman–Crippen MR) is 161 cm³/mol. The number of allylic oxidation sites excluding steroid dienone is 1. The fraction of sp³-hybridized carbons (Fsp3) is 0.257. The Balaban J connectivity index is 1.27. The second kappa shape index (κ2) is 13.3. The smallest absolute Gasteiger partial charge is 0.417 e. The van der Waals surface area contributed by atoms with Crippen LogP contribution in [0.25, 0.3) is 11.1 Å². The largest absolute Gasteiger partial charge is 0.508 e. The minimum Gasteiger partial charge on any atom is -0.508 e. The molecule has 224 valence electrons. The van der Waals surface area contributed by atoms with Crippen molar-refractivity contribution in [3.63, 3.8) is 0 Å². The molecule has 0 amide bonds. The molecule has 8 heteroatoms. The Morgan fingerprint density at radius 1 is 0.814 bits per heavy atom. The van der Waals surface area contributed by atoms with Gasteiger partial charge in [-0.3, -0.25) is 0 Å². The van der Waals surface area contributed by atoms with Crippen molar-refractivity contribution in [2.75, 3.05) is 26.7 Å². The van der Waals surface area contributed by atoms with Crippen LogP contribution in [0.15, 0.2) is 97.1 Å². The Morgan fingerprint density at radius 3 is 2.21 bits per heavy atom. The fourth-order valence-electron chi connectivity index (χ4n) is 5.24. The number of halogens is 3. The molecule has 5 rings (SSSR count). The van der Waals surface area contributed by atoms with Gasteiger partial charge in [-0.25, -0.2) is 0 Å². The summed E-state index contributed by atoms with van der Waals surface area (Å²) in [5.41, 5.74) is 1.00. The highest BCUT2D eigenvalue weighted by atomic mass is 19.4. The molecule has 0 aliphatic carbocycles. The van der Waals surface area contributed by atoms with Crippen molar-refractivity contribution in [1.29, 1.82) is 0 Å². The van der Waals surface area contributed by atoms with Gasteiger partial charge < -0.3 is 24.6 Å². The van der Waals surface area contributed by atoms with Crippen LogP contribution in [0.1, 0.15) is 41.2 Å². The third-order valence-electron chi connectivity index (χ3n) is 7.48. The number of aromatic hydroxyl groups is 2. The number of alkyl halides is 3. The summed E-state index contributed by atoms with van der Waals surface area (Å²) in [6.45, 7) is 2.46. The number of phenols is 2. The van der Waals surface area contributed by atoms with Gasteiger partial charge >= 0.3 is 6.18 Å². The number of nitrogens with zero attached hydrogens (tertiary/aromatic N) is 1. The summed E-state index contributed by atoms with van der Waals surface area (Å²) >= 11 is 0. The summed E-state index contributed by atoms with van der Waals surface area (Å²) in [4.78, 5) is 2.30. The zero-order valence-corrected chi connectivity index (χ0v) is 23.8. The van der Waals surface area contributed by atoms with Gasteiger partial charge in [0.2, 0.25) is 0 Å². The first-order chi connectivity index (χ1) is 20.7. The van der Waals surface area contributed by atoms with Crippen LogP contribution < -0.4 is 9.47 Å². The lowest BCUT2D eigenvalue weighted by Gasteiger charge is -2.33. The Bertz CT molecular complexity index is 1530. The summed E-state index contributed by atoms with van der Waals surface area (Å²) in [6.07, 6.45) is -2.97. The van der Waals surface area contributed by atoms with E-state index in [1.807, 2.05) is 6.07 Å². The molecule has 4 aromatic carbocycles. The number of likely N-dealkylation sites (N-methyl/N-ethyl adjacent to an activating group) is 1. The number of hydrogen-bond donors (Lipinski definition) is 2. The zero-order chi connectivity index (χ0) is 30.4. The van der Waals surface area contributed by atoms with E-state index in [1.54, 1.807) is 24.3 Å². The molecule has 5 nitrogen and oxygen atoms in total. The van der Waals surface area contributed by atoms with E-state index in [2.05, 4.69) is 36.2 Å². The maximum absolute atomic E-state index is 14.6. The van der Waals surface area contributed by atoms with E-state index in [-0.39, 0.29) is 33.9 Å². The summed E-state index contributed by atoms with van der Waals surface area (Å²) in [5.74, 6) is 0.297. The van der Waals surface area contributed by atoms with E-state index in [4.69, 9.17) is 9.47 Å². The molecule has 0 spiro atoms. The second-order valence-electron chi connectivity index (χ2n) is 10.7. The molecular formula is C35H34F3NO4. The molecular weight excluding hydrogens is 555 g/mol. The van der Waals surface area contributed by atoms with Crippen molar-refractivity contribution >= 4 is 11.1 Å². The molecule has 0 bridgehead atoms. The van der Waals surface area contributed by atoms with Gasteiger partial charge in [0.05, 0.1) is 12.2 Å². The van der Waals surface area contributed by atoms with Crippen molar-refractivity contribution in [3.05, 3.63) is 119 Å². The van der Waals surface area contributed by atoms with Crippen LogP contribution in [0.5, 0.6) is 23.0 Å². The van der Waals surface area contributed by atoms with Crippen LogP contribution in [-0.4, -0.2) is 48.0 Å². The second-order valence-corrected chi connectivity index (χ2v) is 10.7. The summed E-state index contributed by atoms with van der Waals surface area (Å²) in [6, 6.07) is 26.4. The Morgan fingerprint density at radius 2 is 1.51 bits per heavy atom. The quantitative estimate of drug-likeness (QED) is 0.174. The van der Waals surface area contributed by atoms with Gasteiger partial charge in [-0.1, -0.05) is 54.6 Å². The molecule has 1 aliphatic heterocycles. The normalized spacial score (nSPS) is 14.9. The first kappa shape index (κ1) is 30.0. The molecule has 1 heterocycles. The molecule has 0 saturated heterocycles. The monoisotopic (exact) mass is 589 g/mol. The molecule has 1 unspecified atom stereocenters. The minimum atomic E-state index is -4.71. The van der Waals surface area contributed by atoms with Gasteiger partial charge in [-0.15, -0.1) is 0 Å². The van der Waals surface area contributed by atoms with Crippen LogP contribution in [0.3, 0.4) is 0 Å². The van der Waals surface area contributed by atoms with E-state index >= 15 is 0 Å². The molecule has 0 saturated carbocycles. The lowest BCUT2D eigenvalue weighted by Crippen LogP contribution is -2.23. The maximum Gasteiger partial charge on any atom is 0.417 e. The number of phenolic OH excluding ortho intramolecular Hbond substituents is 2. The fourth-order valence-corrected chi connectivity index (χ4v) is 5.24. The Kier molecular flexibility index (Phi) is 9.26. The Labute approximate surface area is 249 Å². The van der Waals surface area contributed by atoms with E-state index in [0.29, 0.717) is 17.9 Å². The highest BCUT2D eigenvalue weighted by Crippen LogP contribution is 2.53. The maximum atomic E-state index is 14.6. The van der Waals surface area contributed by atoms with Gasteiger partial charge in [-0.05, 0) is 85.9 Å². The van der Waals surface area contributed by atoms with Crippen molar-refractivity contribution < 1.29 is 32.9 Å². The van der Waals surface area contributed by atoms with Crippen LogP contribution >= 0.6 is 0 Å². The summed E-state index contributed by atoms with van der Waals surface area (Å²) < 4.78 is 55.9. The van der Waals surface area contributed by atoms with Crippen molar-refractivity contribution in [2.45, 2.75) is 31.5 Å². The minimum absolute atomic E-state index is 0.0585. The van der Waals surface area contributed by atoms with Gasteiger partial charge in [0.15, 0.2) is 6.10 Å². The van der Waals surface area contributed by atoms with Crippen molar-refractivity contribution in [1.82, 2.24) is 4.90 Å². The van der Waals surface area contributed by atoms with Crippen LogP contribution in [-0.2, 0) is 6.42 Å². The van der Waals surface area contributed by atoms with Gasteiger partial charge in [0.1, 0.15) is 23.0 Å². The Hall–Kier alpha value is -4.43. The van der Waals surface area contributed by atoms with E-state index in [0.717, 1.165) is 32.4 Å². The van der Waals surface area contributed by atoms with Gasteiger partial charge in [-0.2, -0.15) is 13.2 Å². The van der Waals surface area contributed by atoms with Crippen LogP contribution in [0.2, 0.25) is 0 Å². The first-order valence-corrected chi connectivity index (χ1v) is 14.2. The van der Waals surface area contributed by atoms with Crippen molar-refractivity contribution in [3.8, 4) is 23.0 Å². The van der Waals surface area contributed by atoms with E-state index in [1.165, 1.54) is 48.0 Å². The van der Waals surface area contributed by atoms with Crippen LogP contribution in [0.4, 0.5) is 13.2 Å². The average Bonchev–Trinajstić information content (AvgIpc) is 2.99. The zero-order valence-electron chi connectivity index (χ0n) is 23.8. The third-order valence-corrected chi connectivity index (χ3v) is 7.48. The summed E-state index contributed by atoms with van der Waals surface area (Å²) in [7, 11) is 2.11. The number of fused-ring (bicyclic) bond motifs is 1. The highest BCUT2D eigenvalue weighted by molar-refractivity contribution is 5.98. The van der Waals surface area contributed by atoms with E-state index in [9.17, 15) is 23.4 Å². The molecule has 0 fully saturated rings. The highest BCUT2D eigenvalue weighted by Gasteiger charge is 2.44. The first-order valence-electron chi connectivity index (χ1n) is 14.2. The third kappa shape index (κ3) is 7.51. The summed E-state index contributed by atoms with van der Waals surface area (Å²) in [5, 5.41) is 19.8. The predicted octanol–water partition coefficient (Wildman–Crippen LogP) is 8.04. The topological polar surface area (TPSA) is 62.2 Å².